The van der Waals surface area contributed by atoms with Crippen molar-refractivity contribution in [3.63, 3.8) is 0 Å². The molecular formula is C13H19NO2. The Hall–Kier alpha value is -1.06. The van der Waals surface area contributed by atoms with Crippen LogP contribution in [0.3, 0.4) is 0 Å². The van der Waals surface area contributed by atoms with Crippen LogP contribution in [0.2, 0.25) is 0 Å². The molecule has 0 bridgehead atoms. The minimum absolute atomic E-state index is 0.124. The second-order valence-electron chi connectivity index (χ2n) is 4.84. The summed E-state index contributed by atoms with van der Waals surface area (Å²) in [7, 11) is 0. The molecule has 3 heteroatoms. The van der Waals surface area contributed by atoms with Gasteiger partial charge in [-0.15, -0.1) is 0 Å². The Morgan fingerprint density at radius 2 is 2.12 bits per heavy atom. The number of benzene rings is 1. The van der Waals surface area contributed by atoms with Crippen LogP contribution < -0.4 is 5.32 Å². The van der Waals surface area contributed by atoms with Crippen LogP contribution in [0.25, 0.3) is 0 Å². The van der Waals surface area contributed by atoms with Crippen LogP contribution in [0.15, 0.2) is 18.2 Å². The Bertz CT molecular complexity index is 372. The van der Waals surface area contributed by atoms with Crippen LogP contribution in [0.4, 0.5) is 0 Å². The number of aryl methyl sites for hydroxylation is 1. The Balaban J connectivity index is 1.88. The van der Waals surface area contributed by atoms with E-state index in [0.717, 1.165) is 30.5 Å². The molecule has 0 radical (unpaired) electrons. The summed E-state index contributed by atoms with van der Waals surface area (Å²) in [5.41, 5.74) is 1.95. The molecule has 3 nitrogen and oxygen atoms in total. The zero-order valence-corrected chi connectivity index (χ0v) is 9.66. The van der Waals surface area contributed by atoms with Crippen LogP contribution in [0, 0.1) is 12.3 Å². The third-order valence-electron chi connectivity index (χ3n) is 3.43. The number of phenolic OH excluding ortho intramolecular Hbond substituents is 1. The number of hydrogen-bond donors (Lipinski definition) is 3. The maximum atomic E-state index is 9.81. The first-order chi connectivity index (χ1) is 7.67. The van der Waals surface area contributed by atoms with Gasteiger partial charge >= 0.3 is 0 Å². The van der Waals surface area contributed by atoms with E-state index < -0.39 is 0 Å². The summed E-state index contributed by atoms with van der Waals surface area (Å²) in [4.78, 5) is 0. The molecule has 0 spiro atoms. The first kappa shape index (κ1) is 11.4. The summed E-state index contributed by atoms with van der Waals surface area (Å²) in [6.07, 6.45) is 2.21. The minimum atomic E-state index is 0.124. The van der Waals surface area contributed by atoms with E-state index in [-0.39, 0.29) is 12.0 Å². The number of rotatable bonds is 5. The summed E-state index contributed by atoms with van der Waals surface area (Å²) >= 11 is 0. The molecule has 1 fully saturated rings. The Morgan fingerprint density at radius 3 is 2.75 bits per heavy atom. The lowest BCUT2D eigenvalue weighted by Crippen LogP contribution is -2.26. The molecule has 1 aliphatic carbocycles. The van der Waals surface area contributed by atoms with Gasteiger partial charge in [0.25, 0.3) is 0 Å². The molecule has 3 N–H and O–H groups in total. The Kier molecular flexibility index (Phi) is 3.17. The quantitative estimate of drug-likeness (QED) is 0.707. The van der Waals surface area contributed by atoms with E-state index in [0.29, 0.717) is 12.3 Å². The molecule has 1 aromatic rings. The van der Waals surface area contributed by atoms with E-state index >= 15 is 0 Å². The van der Waals surface area contributed by atoms with E-state index in [9.17, 15) is 5.11 Å². The van der Waals surface area contributed by atoms with Crippen molar-refractivity contribution >= 4 is 0 Å². The molecule has 1 aromatic carbocycles. The third kappa shape index (κ3) is 2.36. The van der Waals surface area contributed by atoms with E-state index in [1.54, 1.807) is 0 Å². The normalized spacial score (nSPS) is 17.4. The molecule has 1 aliphatic rings. The summed E-state index contributed by atoms with van der Waals surface area (Å²) in [5, 5.41) is 22.3. The van der Waals surface area contributed by atoms with Gasteiger partial charge in [0, 0.05) is 30.7 Å². The molecule has 0 saturated heterocycles. The van der Waals surface area contributed by atoms with Crippen molar-refractivity contribution < 1.29 is 10.2 Å². The number of aliphatic hydroxyl groups is 1. The van der Waals surface area contributed by atoms with Crippen LogP contribution >= 0.6 is 0 Å². The second kappa shape index (κ2) is 4.44. The summed E-state index contributed by atoms with van der Waals surface area (Å²) in [5.74, 6) is 0.379. The van der Waals surface area contributed by atoms with Gasteiger partial charge in [-0.25, -0.2) is 0 Å². The van der Waals surface area contributed by atoms with Gasteiger partial charge in [0.15, 0.2) is 0 Å². The van der Waals surface area contributed by atoms with Crippen molar-refractivity contribution in [2.75, 3.05) is 13.2 Å². The third-order valence-corrected chi connectivity index (χ3v) is 3.43. The van der Waals surface area contributed by atoms with Crippen LogP contribution in [-0.4, -0.2) is 23.4 Å². The maximum absolute atomic E-state index is 9.81. The molecule has 88 valence electrons. The smallest absolute Gasteiger partial charge is 0.122 e. The summed E-state index contributed by atoms with van der Waals surface area (Å²) < 4.78 is 0. The molecule has 2 rings (SSSR count). The van der Waals surface area contributed by atoms with Crippen molar-refractivity contribution in [2.45, 2.75) is 26.3 Å². The van der Waals surface area contributed by atoms with Crippen molar-refractivity contribution in [1.82, 2.24) is 5.32 Å². The predicted octanol–water partition coefficient (Wildman–Crippen LogP) is 1.56. The highest BCUT2D eigenvalue weighted by Crippen LogP contribution is 2.44. The summed E-state index contributed by atoms with van der Waals surface area (Å²) in [6, 6.07) is 5.77. The first-order valence-electron chi connectivity index (χ1n) is 5.76. The SMILES string of the molecule is Cc1cccc(CNCC2(CO)CC2)c1O. The molecule has 0 unspecified atom stereocenters. The number of para-hydroxylation sites is 1. The lowest BCUT2D eigenvalue weighted by atomic mass is 10.1. The van der Waals surface area contributed by atoms with Crippen LogP contribution in [0.5, 0.6) is 5.75 Å². The predicted molar refractivity (Wildman–Crippen MR) is 63.3 cm³/mol. The molecule has 0 atom stereocenters. The van der Waals surface area contributed by atoms with E-state index in [1.807, 2.05) is 25.1 Å². The highest BCUT2D eigenvalue weighted by atomic mass is 16.3. The molecule has 16 heavy (non-hydrogen) atoms. The second-order valence-corrected chi connectivity index (χ2v) is 4.84. The van der Waals surface area contributed by atoms with E-state index in [2.05, 4.69) is 5.32 Å². The monoisotopic (exact) mass is 221 g/mol. The molecule has 0 amide bonds. The van der Waals surface area contributed by atoms with Gasteiger partial charge in [-0.1, -0.05) is 18.2 Å². The molecule has 0 aliphatic heterocycles. The molecule has 1 saturated carbocycles. The minimum Gasteiger partial charge on any atom is -0.507 e. The Labute approximate surface area is 96.1 Å². The molecule has 0 aromatic heterocycles. The first-order valence-corrected chi connectivity index (χ1v) is 5.76. The number of nitrogens with one attached hydrogen (secondary N) is 1. The fourth-order valence-corrected chi connectivity index (χ4v) is 1.89. The highest BCUT2D eigenvalue weighted by molar-refractivity contribution is 5.39. The van der Waals surface area contributed by atoms with Gasteiger partial charge in [-0.05, 0) is 25.3 Å². The number of aromatic hydroxyl groups is 1. The highest BCUT2D eigenvalue weighted by Gasteiger charge is 2.41. The largest absolute Gasteiger partial charge is 0.507 e. The fourth-order valence-electron chi connectivity index (χ4n) is 1.89. The lowest BCUT2D eigenvalue weighted by molar-refractivity contribution is 0.207. The lowest BCUT2D eigenvalue weighted by Gasteiger charge is -2.13. The maximum Gasteiger partial charge on any atom is 0.122 e. The fraction of sp³-hybridized carbons (Fsp3) is 0.538. The van der Waals surface area contributed by atoms with Gasteiger partial charge in [0.1, 0.15) is 5.75 Å². The molecule has 0 heterocycles. The van der Waals surface area contributed by atoms with E-state index in [1.165, 1.54) is 0 Å². The summed E-state index contributed by atoms with van der Waals surface area (Å²) in [6.45, 7) is 3.65. The zero-order valence-electron chi connectivity index (χ0n) is 9.66. The Morgan fingerprint density at radius 1 is 1.38 bits per heavy atom. The average Bonchev–Trinajstić information content (AvgIpc) is 3.05. The van der Waals surface area contributed by atoms with Gasteiger partial charge in [-0.3, -0.25) is 0 Å². The van der Waals surface area contributed by atoms with Crippen LogP contribution in [-0.2, 0) is 6.54 Å². The van der Waals surface area contributed by atoms with Crippen LogP contribution in [0.1, 0.15) is 24.0 Å². The topological polar surface area (TPSA) is 52.5 Å². The van der Waals surface area contributed by atoms with Gasteiger partial charge in [-0.2, -0.15) is 0 Å². The van der Waals surface area contributed by atoms with Gasteiger partial charge < -0.3 is 15.5 Å². The van der Waals surface area contributed by atoms with Crippen molar-refractivity contribution in [1.29, 1.82) is 0 Å². The van der Waals surface area contributed by atoms with Gasteiger partial charge in [0.2, 0.25) is 0 Å². The standard InChI is InChI=1S/C13H19NO2/c1-10-3-2-4-11(12(10)16)7-14-8-13(9-15)5-6-13/h2-4,14-16H,5-9H2,1H3. The number of aliphatic hydroxyl groups excluding tert-OH is 1. The van der Waals surface area contributed by atoms with Gasteiger partial charge in [0.05, 0.1) is 0 Å². The number of phenols is 1. The van der Waals surface area contributed by atoms with Crippen molar-refractivity contribution in [2.24, 2.45) is 5.41 Å². The molecular weight excluding hydrogens is 202 g/mol. The van der Waals surface area contributed by atoms with Crippen molar-refractivity contribution in [3.8, 4) is 5.75 Å². The van der Waals surface area contributed by atoms with E-state index in [4.69, 9.17) is 5.11 Å². The average molecular weight is 221 g/mol. The zero-order chi connectivity index (χ0) is 11.6. The number of hydrogen-bond acceptors (Lipinski definition) is 3. The van der Waals surface area contributed by atoms with Crippen molar-refractivity contribution in [3.05, 3.63) is 29.3 Å².